The number of hydrogen-bond acceptors (Lipinski definition) is 6. The van der Waals surface area contributed by atoms with Crippen molar-refractivity contribution in [2.45, 2.75) is 0 Å². The molecule has 84 valence electrons. The zero-order chi connectivity index (χ0) is 7.15. The van der Waals surface area contributed by atoms with Gasteiger partial charge in [0.25, 0.3) is 11.4 Å². The minimum atomic E-state index is -2.61. The quantitative estimate of drug-likeness (QED) is 0.273. The second-order valence-electron chi connectivity index (χ2n) is 0.461. The molecule has 0 saturated carbocycles. The molecule has 0 bridgehead atoms. The van der Waals surface area contributed by atoms with Gasteiger partial charge >= 0.3 is 0 Å². The van der Waals surface area contributed by atoms with Gasteiger partial charge in [-0.05, 0) is 0 Å². The molecule has 0 heterocycles. The van der Waals surface area contributed by atoms with E-state index in [0.717, 1.165) is 0 Å². The molecule has 0 saturated heterocycles. The van der Waals surface area contributed by atoms with Crippen molar-refractivity contribution in [3.8, 4) is 0 Å². The lowest BCUT2D eigenvalue weighted by molar-refractivity contribution is 0.454. The van der Waals surface area contributed by atoms with Crippen molar-refractivity contribution in [2.24, 2.45) is 0 Å². The molecular weight excluding hydrogens is 232 g/mol. The van der Waals surface area contributed by atoms with Crippen molar-refractivity contribution >= 4 is 32.6 Å². The Hall–Kier alpha value is 0.400. The van der Waals surface area contributed by atoms with Crippen LogP contribution in [-0.2, 0) is 32.6 Å². The lowest BCUT2D eigenvalue weighted by Crippen LogP contribution is -1.74. The van der Waals surface area contributed by atoms with Gasteiger partial charge in [-0.25, -0.2) is 0 Å². The molecule has 0 aromatic rings. The highest BCUT2D eigenvalue weighted by molar-refractivity contribution is 8.22. The Kier molecular flexibility index (Phi) is 98.7. The van der Waals surface area contributed by atoms with Gasteiger partial charge in [-0.15, -0.1) is 0 Å². The van der Waals surface area contributed by atoms with Gasteiger partial charge in [0, 0.05) is 11.2 Å². The molecule has 0 aliphatic rings. The highest BCUT2D eigenvalue weighted by atomic mass is 32.8. The standard InChI is InChI=1S/4H3N.H2O3S.H2O2S2/c;;;;2*1-4(2)3/h4*1H3;2*(H2,1,2,3). The predicted molar refractivity (Wildman–Crippen MR) is 53.5 cm³/mol. The zero-order valence-corrected chi connectivity index (χ0v) is 8.70. The Morgan fingerprint density at radius 1 is 0.833 bits per heavy atom. The molecule has 12 heteroatoms. The normalized spacial score (nSPS) is 5.83. The van der Waals surface area contributed by atoms with E-state index in [1.165, 1.54) is 0 Å². The Morgan fingerprint density at radius 2 is 0.833 bits per heavy atom. The molecule has 0 aliphatic heterocycles. The van der Waals surface area contributed by atoms with Crippen molar-refractivity contribution in [1.29, 1.82) is 0 Å². The predicted octanol–water partition coefficient (Wildman–Crippen LogP) is 0.342. The Labute approximate surface area is 80.0 Å². The number of hydrogen-bond donors (Lipinski definition) is 8. The highest BCUT2D eigenvalue weighted by Crippen LogP contribution is 1.47. The molecule has 0 aromatic carbocycles. The summed E-state index contributed by atoms with van der Waals surface area (Å²) in [7, 11) is -1.78. The summed E-state index contributed by atoms with van der Waals surface area (Å²) in [4.78, 5) is 0. The van der Waals surface area contributed by atoms with Crippen LogP contribution >= 0.6 is 0 Å². The molecule has 0 fully saturated rings. The maximum atomic E-state index is 8.67. The zero-order valence-electron chi connectivity index (χ0n) is 6.25. The van der Waals surface area contributed by atoms with Crippen molar-refractivity contribution in [2.75, 3.05) is 0 Å². The van der Waals surface area contributed by atoms with Crippen LogP contribution in [0, 0.1) is 0 Å². The average molecular weight is 248 g/mol. The van der Waals surface area contributed by atoms with E-state index >= 15 is 0 Å². The van der Waals surface area contributed by atoms with Crippen LogP contribution < -0.4 is 24.6 Å². The van der Waals surface area contributed by atoms with Crippen molar-refractivity contribution in [3.05, 3.63) is 0 Å². The average Bonchev–Trinajstić information content (AvgIpc) is 1.25. The molecule has 12 heavy (non-hydrogen) atoms. The van der Waals surface area contributed by atoms with Crippen LogP contribution in [-0.4, -0.2) is 22.4 Å². The van der Waals surface area contributed by atoms with Gasteiger partial charge in [-0.1, -0.05) is 0 Å². The van der Waals surface area contributed by atoms with E-state index in [-0.39, 0.29) is 24.6 Å². The third-order valence-corrected chi connectivity index (χ3v) is 0. The van der Waals surface area contributed by atoms with E-state index in [1.54, 1.807) is 0 Å². The van der Waals surface area contributed by atoms with Gasteiger partial charge in [-0.3, -0.25) is 9.11 Å². The van der Waals surface area contributed by atoms with Crippen LogP contribution in [0.2, 0.25) is 0 Å². The molecule has 16 N–H and O–H groups in total. The molecule has 0 aliphatic carbocycles. The largest absolute Gasteiger partial charge is 0.344 e. The van der Waals surface area contributed by atoms with E-state index in [0.29, 0.717) is 0 Å². The molecule has 0 aromatic heterocycles. The van der Waals surface area contributed by atoms with Crippen LogP contribution in [0.4, 0.5) is 0 Å². The van der Waals surface area contributed by atoms with Crippen LogP contribution in [0.15, 0.2) is 0 Å². The summed E-state index contributed by atoms with van der Waals surface area (Å²) in [5.74, 6) is 0. The van der Waals surface area contributed by atoms with Gasteiger partial charge < -0.3 is 33.7 Å². The molecule has 0 radical (unpaired) electrons. The van der Waals surface area contributed by atoms with Gasteiger partial charge in [0.1, 0.15) is 10.0 Å². The van der Waals surface area contributed by atoms with Gasteiger partial charge in [0.15, 0.2) is 0 Å². The molecule has 0 rings (SSSR count). The van der Waals surface area contributed by atoms with E-state index < -0.39 is 21.4 Å². The first-order valence-electron chi connectivity index (χ1n) is 1.06. The topological polar surface area (TPSA) is 238 Å². The van der Waals surface area contributed by atoms with Crippen LogP contribution in [0.25, 0.3) is 0 Å². The van der Waals surface area contributed by atoms with Crippen LogP contribution in [0.1, 0.15) is 0 Å². The summed E-state index contributed by atoms with van der Waals surface area (Å²) >= 11 is 1.15. The minimum Gasteiger partial charge on any atom is -0.344 e. The summed E-state index contributed by atoms with van der Waals surface area (Å²) in [6.07, 6.45) is 0. The van der Waals surface area contributed by atoms with Gasteiger partial charge in [-0.2, -0.15) is 4.21 Å². The SMILES string of the molecule is N.N.N.N.O=S(O)O.OS(O)=S. The fourth-order valence-corrected chi connectivity index (χ4v) is 0. The third kappa shape index (κ3) is 5740. The summed E-state index contributed by atoms with van der Waals surface area (Å²) in [5, 5.41) is 0. The molecule has 0 unspecified atom stereocenters. The minimum absolute atomic E-state index is 0. The summed E-state index contributed by atoms with van der Waals surface area (Å²) in [6, 6.07) is 0. The van der Waals surface area contributed by atoms with E-state index in [9.17, 15) is 0 Å². The summed E-state index contributed by atoms with van der Waals surface area (Å²) < 4.78 is 37.7. The molecule has 0 spiro atoms. The first-order valence-corrected chi connectivity index (χ1v) is 4.19. The second kappa shape index (κ2) is 30.1. The molecule has 0 amide bonds. The van der Waals surface area contributed by atoms with E-state index in [1.807, 2.05) is 0 Å². The lowest BCUT2D eigenvalue weighted by Gasteiger charge is -1.65. The maximum absolute atomic E-state index is 8.67. The molecule has 9 nitrogen and oxygen atoms in total. The monoisotopic (exact) mass is 248 g/mol. The lowest BCUT2D eigenvalue weighted by atomic mass is 14.0. The van der Waals surface area contributed by atoms with Crippen molar-refractivity contribution < 1.29 is 22.4 Å². The Balaban J connectivity index is -0.0000000112. The Morgan fingerprint density at radius 3 is 0.833 bits per heavy atom. The summed E-state index contributed by atoms with van der Waals surface area (Å²) in [6.45, 7) is 0. The van der Waals surface area contributed by atoms with Crippen molar-refractivity contribution in [3.63, 3.8) is 0 Å². The second-order valence-corrected chi connectivity index (χ2v) is 2.28. The third-order valence-electron chi connectivity index (χ3n) is 0. The number of rotatable bonds is 0. The maximum Gasteiger partial charge on any atom is 0.299 e. The van der Waals surface area contributed by atoms with Crippen LogP contribution in [0.5, 0.6) is 0 Å². The fourth-order valence-electron chi connectivity index (χ4n) is 0. The Bertz CT molecular complexity index is 76.7. The smallest absolute Gasteiger partial charge is 0.299 e. The van der Waals surface area contributed by atoms with Crippen molar-refractivity contribution in [1.82, 2.24) is 24.6 Å². The fraction of sp³-hybridized carbons (Fsp3) is 0. The van der Waals surface area contributed by atoms with Gasteiger partial charge in [0.05, 0.1) is 0 Å². The highest BCUT2D eigenvalue weighted by Gasteiger charge is 1.62. The summed E-state index contributed by atoms with van der Waals surface area (Å²) in [5.41, 5.74) is 0. The molecule has 0 atom stereocenters. The first-order chi connectivity index (χ1) is 3.46. The van der Waals surface area contributed by atoms with Gasteiger partial charge in [0.2, 0.25) is 0 Å². The van der Waals surface area contributed by atoms with E-state index in [2.05, 4.69) is 11.2 Å². The van der Waals surface area contributed by atoms with Crippen LogP contribution in [0.3, 0.4) is 0 Å². The first kappa shape index (κ1) is 39.3. The molecular formula is H16N4O5S3. The van der Waals surface area contributed by atoms with E-state index in [4.69, 9.17) is 22.4 Å².